The van der Waals surface area contributed by atoms with E-state index in [2.05, 4.69) is 0 Å². The quantitative estimate of drug-likeness (QED) is 0.760. The molecule has 1 unspecified atom stereocenters. The molecule has 0 radical (unpaired) electrons. The maximum absolute atomic E-state index is 11.9. The zero-order valence-electron chi connectivity index (χ0n) is 10.4. The van der Waals surface area contributed by atoms with Crippen LogP contribution in [-0.2, 0) is 11.2 Å². The van der Waals surface area contributed by atoms with Gasteiger partial charge in [-0.15, -0.1) is 12.4 Å². The van der Waals surface area contributed by atoms with Crippen molar-refractivity contribution in [2.75, 3.05) is 6.54 Å². The van der Waals surface area contributed by atoms with E-state index in [0.717, 1.165) is 5.56 Å². The zero-order chi connectivity index (χ0) is 14.5. The van der Waals surface area contributed by atoms with E-state index in [1.807, 2.05) is 0 Å². The van der Waals surface area contributed by atoms with Gasteiger partial charge in [-0.25, -0.2) is 0 Å². The number of carbonyl (C=O) groups excluding carboxylic acids is 1. The van der Waals surface area contributed by atoms with E-state index in [1.165, 1.54) is 0 Å². The Morgan fingerprint density at radius 3 is 2.35 bits per heavy atom. The number of benzene rings is 1. The molecule has 0 fully saturated rings. The minimum absolute atomic E-state index is 0. The van der Waals surface area contributed by atoms with E-state index in [-0.39, 0.29) is 18.8 Å². The Morgan fingerprint density at radius 1 is 1.30 bits per heavy atom. The SMILES string of the molecule is Cl.N[C@@H](Cc1ccccc1)C(O)C(=O)NCC(F)(F)F. The second kappa shape index (κ2) is 8.08. The van der Waals surface area contributed by atoms with Crippen LogP contribution < -0.4 is 11.1 Å². The number of hydrogen-bond acceptors (Lipinski definition) is 3. The maximum Gasteiger partial charge on any atom is 0.405 e. The van der Waals surface area contributed by atoms with Gasteiger partial charge in [-0.1, -0.05) is 30.3 Å². The Bertz CT molecular complexity index is 415. The molecule has 4 N–H and O–H groups in total. The molecule has 1 aromatic rings. The molecule has 0 bridgehead atoms. The summed E-state index contributed by atoms with van der Waals surface area (Å²) in [5, 5.41) is 11.1. The lowest BCUT2D eigenvalue weighted by molar-refractivity contribution is -0.144. The summed E-state index contributed by atoms with van der Waals surface area (Å²) in [6.07, 6.45) is -6.00. The summed E-state index contributed by atoms with van der Waals surface area (Å²) in [5.74, 6) is -1.12. The van der Waals surface area contributed by atoms with Gasteiger partial charge in [0.25, 0.3) is 5.91 Å². The van der Waals surface area contributed by atoms with Crippen molar-refractivity contribution in [3.8, 4) is 0 Å². The van der Waals surface area contributed by atoms with Gasteiger partial charge in [0.2, 0.25) is 0 Å². The van der Waals surface area contributed by atoms with Gasteiger partial charge >= 0.3 is 6.18 Å². The minimum Gasteiger partial charge on any atom is -0.382 e. The average Bonchev–Trinajstić information content (AvgIpc) is 2.35. The van der Waals surface area contributed by atoms with Crippen LogP contribution in [0.5, 0.6) is 0 Å². The van der Waals surface area contributed by atoms with E-state index in [0.29, 0.717) is 0 Å². The van der Waals surface area contributed by atoms with Crippen LogP contribution in [0, 0.1) is 0 Å². The Labute approximate surface area is 120 Å². The topological polar surface area (TPSA) is 75.3 Å². The molecule has 20 heavy (non-hydrogen) atoms. The molecule has 1 amide bonds. The van der Waals surface area contributed by atoms with Crippen molar-refractivity contribution in [3.05, 3.63) is 35.9 Å². The van der Waals surface area contributed by atoms with Crippen LogP contribution in [0.2, 0.25) is 0 Å². The van der Waals surface area contributed by atoms with Crippen molar-refractivity contribution < 1.29 is 23.1 Å². The lowest BCUT2D eigenvalue weighted by Gasteiger charge is -2.19. The fourth-order valence-corrected chi connectivity index (χ4v) is 1.48. The lowest BCUT2D eigenvalue weighted by atomic mass is 10.0. The summed E-state index contributed by atoms with van der Waals surface area (Å²) >= 11 is 0. The van der Waals surface area contributed by atoms with E-state index in [1.54, 1.807) is 35.6 Å². The van der Waals surface area contributed by atoms with Crippen molar-refractivity contribution in [1.82, 2.24) is 5.32 Å². The first-order valence-corrected chi connectivity index (χ1v) is 5.61. The van der Waals surface area contributed by atoms with Crippen LogP contribution in [0.4, 0.5) is 13.2 Å². The predicted molar refractivity (Wildman–Crippen MR) is 70.4 cm³/mol. The Morgan fingerprint density at radius 2 is 1.85 bits per heavy atom. The molecule has 0 aliphatic heterocycles. The van der Waals surface area contributed by atoms with Crippen LogP contribution in [0.1, 0.15) is 5.56 Å². The van der Waals surface area contributed by atoms with Gasteiger partial charge in [0, 0.05) is 6.04 Å². The van der Waals surface area contributed by atoms with Gasteiger partial charge in [0.05, 0.1) is 0 Å². The summed E-state index contributed by atoms with van der Waals surface area (Å²) in [4.78, 5) is 11.3. The molecule has 0 spiro atoms. The van der Waals surface area contributed by atoms with Crippen LogP contribution in [0.3, 0.4) is 0 Å². The molecule has 0 aliphatic carbocycles. The van der Waals surface area contributed by atoms with Crippen molar-refractivity contribution in [2.45, 2.75) is 24.7 Å². The molecule has 0 heterocycles. The van der Waals surface area contributed by atoms with Gasteiger partial charge in [0.1, 0.15) is 12.6 Å². The lowest BCUT2D eigenvalue weighted by Crippen LogP contribution is -2.49. The molecule has 0 aliphatic rings. The molecule has 1 aromatic carbocycles. The number of nitrogens with one attached hydrogen (secondary N) is 1. The van der Waals surface area contributed by atoms with Crippen molar-refractivity contribution in [3.63, 3.8) is 0 Å². The third-order valence-corrected chi connectivity index (χ3v) is 2.45. The van der Waals surface area contributed by atoms with Gasteiger partial charge in [-0.3, -0.25) is 4.79 Å². The first-order valence-electron chi connectivity index (χ1n) is 5.61. The normalized spacial score (nSPS) is 14.1. The highest BCUT2D eigenvalue weighted by Crippen LogP contribution is 2.12. The number of carbonyl (C=O) groups is 1. The van der Waals surface area contributed by atoms with E-state index >= 15 is 0 Å². The Hall–Kier alpha value is -1.31. The molecule has 4 nitrogen and oxygen atoms in total. The average molecular weight is 313 g/mol. The number of aliphatic hydroxyl groups excluding tert-OH is 1. The highest BCUT2D eigenvalue weighted by atomic mass is 35.5. The summed E-state index contributed by atoms with van der Waals surface area (Å²) in [7, 11) is 0. The Balaban J connectivity index is 0.00000361. The number of alkyl halides is 3. The van der Waals surface area contributed by atoms with Crippen LogP contribution >= 0.6 is 12.4 Å². The highest BCUT2D eigenvalue weighted by Gasteiger charge is 2.30. The molecule has 2 atom stereocenters. The number of aliphatic hydroxyl groups is 1. The summed E-state index contributed by atoms with van der Waals surface area (Å²) in [6.45, 7) is -1.49. The number of amides is 1. The third-order valence-electron chi connectivity index (χ3n) is 2.45. The molecule has 1 rings (SSSR count). The first-order chi connectivity index (χ1) is 8.79. The molecule has 0 saturated carbocycles. The number of nitrogens with two attached hydrogens (primary N) is 1. The van der Waals surface area contributed by atoms with Crippen molar-refractivity contribution in [1.29, 1.82) is 0 Å². The first kappa shape index (κ1) is 18.7. The standard InChI is InChI=1S/C12H15F3N2O2.ClH/c13-12(14,15)7-17-11(19)10(18)9(16)6-8-4-2-1-3-5-8;/h1-5,9-10,18H,6-7,16H2,(H,17,19);1H/t9-,10?;/m0./s1. The number of halogens is 4. The fraction of sp³-hybridized carbons (Fsp3) is 0.417. The van der Waals surface area contributed by atoms with Crippen molar-refractivity contribution >= 4 is 18.3 Å². The van der Waals surface area contributed by atoms with Gasteiger partial charge in [-0.2, -0.15) is 13.2 Å². The second-order valence-electron chi connectivity index (χ2n) is 4.13. The second-order valence-corrected chi connectivity index (χ2v) is 4.13. The van der Waals surface area contributed by atoms with E-state index in [4.69, 9.17) is 5.73 Å². The minimum atomic E-state index is -4.51. The smallest absolute Gasteiger partial charge is 0.382 e. The third kappa shape index (κ3) is 6.74. The predicted octanol–water partition coefficient (Wildman–Crippen LogP) is 1.02. The van der Waals surface area contributed by atoms with Crippen LogP contribution in [0.15, 0.2) is 30.3 Å². The molecule has 114 valence electrons. The monoisotopic (exact) mass is 312 g/mol. The molecular weight excluding hydrogens is 297 g/mol. The molecule has 8 heteroatoms. The van der Waals surface area contributed by atoms with Gasteiger partial charge in [-0.05, 0) is 12.0 Å². The largest absolute Gasteiger partial charge is 0.405 e. The maximum atomic E-state index is 11.9. The van der Waals surface area contributed by atoms with Gasteiger partial charge in [0.15, 0.2) is 0 Å². The fourth-order valence-electron chi connectivity index (χ4n) is 1.48. The summed E-state index contributed by atoms with van der Waals surface area (Å²) in [6, 6.07) is 7.86. The summed E-state index contributed by atoms with van der Waals surface area (Å²) in [5.41, 5.74) is 6.39. The molecular formula is C12H16ClF3N2O2. The van der Waals surface area contributed by atoms with Crippen molar-refractivity contribution in [2.24, 2.45) is 5.73 Å². The van der Waals surface area contributed by atoms with Gasteiger partial charge < -0.3 is 16.2 Å². The Kier molecular flexibility index (Phi) is 7.55. The summed E-state index contributed by atoms with van der Waals surface area (Å²) < 4.78 is 35.7. The van der Waals surface area contributed by atoms with E-state index in [9.17, 15) is 23.1 Å². The van der Waals surface area contributed by atoms with E-state index < -0.39 is 30.8 Å². The zero-order valence-corrected chi connectivity index (χ0v) is 11.2. The van der Waals surface area contributed by atoms with Crippen LogP contribution in [0.25, 0.3) is 0 Å². The van der Waals surface area contributed by atoms with Crippen LogP contribution in [-0.4, -0.2) is 35.9 Å². The highest BCUT2D eigenvalue weighted by molar-refractivity contribution is 5.85. The number of rotatable bonds is 5. The molecule has 0 saturated heterocycles. The molecule has 0 aromatic heterocycles. The number of hydrogen-bond donors (Lipinski definition) is 3.